The highest BCUT2D eigenvalue weighted by molar-refractivity contribution is 5.68. The van der Waals surface area contributed by atoms with E-state index in [4.69, 9.17) is 4.89 Å². The summed E-state index contributed by atoms with van der Waals surface area (Å²) in [4.78, 5) is 20.2. The second-order valence-electron chi connectivity index (χ2n) is 3.40. The summed E-state index contributed by atoms with van der Waals surface area (Å²) in [5.41, 5.74) is 0. The number of carbonyl (C=O) groups is 1. The Labute approximate surface area is 92.4 Å². The molecule has 0 rings (SSSR count). The van der Waals surface area contributed by atoms with Crippen molar-refractivity contribution in [3.8, 4) is 0 Å². The van der Waals surface area contributed by atoms with E-state index in [1.807, 2.05) is 6.92 Å². The van der Waals surface area contributed by atoms with Crippen molar-refractivity contribution in [1.29, 1.82) is 0 Å². The van der Waals surface area contributed by atoms with Crippen molar-refractivity contribution in [2.45, 2.75) is 52.4 Å². The molecule has 0 bridgehead atoms. The smallest absolute Gasteiger partial charge is 0.298 e. The van der Waals surface area contributed by atoms with Crippen LogP contribution in [0.15, 0.2) is 12.2 Å². The second kappa shape index (κ2) is 11.2. The van der Waals surface area contributed by atoms with Crippen LogP contribution in [0, 0.1) is 0 Å². The summed E-state index contributed by atoms with van der Waals surface area (Å²) >= 11 is 0. The van der Waals surface area contributed by atoms with Crippen molar-refractivity contribution in [3.05, 3.63) is 12.2 Å². The van der Waals surface area contributed by atoms with Gasteiger partial charge in [-0.25, -0.2) is 4.79 Å². The number of hydrogen-bond acceptors (Lipinski definition) is 3. The third-order valence-corrected chi connectivity index (χ3v) is 1.86. The van der Waals surface area contributed by atoms with Crippen molar-refractivity contribution in [3.63, 3.8) is 0 Å². The zero-order valence-corrected chi connectivity index (χ0v) is 9.83. The van der Waals surface area contributed by atoms with Gasteiger partial charge in [0, 0.05) is 6.42 Å². The molecule has 0 radical (unpaired) electrons. The monoisotopic (exact) mass is 214 g/mol. The van der Waals surface area contributed by atoms with Gasteiger partial charge in [0.15, 0.2) is 0 Å². The van der Waals surface area contributed by atoms with Gasteiger partial charge in [0.2, 0.25) is 0 Å². The van der Waals surface area contributed by atoms with Crippen molar-refractivity contribution < 1.29 is 14.6 Å². The lowest BCUT2D eigenvalue weighted by Crippen LogP contribution is -2.05. The molecule has 0 unspecified atom stereocenters. The Hall–Kier alpha value is -0.830. The lowest BCUT2D eigenvalue weighted by atomic mass is 10.2. The maximum absolute atomic E-state index is 10.9. The third-order valence-electron chi connectivity index (χ3n) is 1.86. The van der Waals surface area contributed by atoms with Gasteiger partial charge in [-0.15, -0.1) is 0 Å². The van der Waals surface area contributed by atoms with Gasteiger partial charge in [-0.3, -0.25) is 4.89 Å². The lowest BCUT2D eigenvalue weighted by Gasteiger charge is -2.01. The Morgan fingerprint density at radius 1 is 1.20 bits per heavy atom. The Kier molecular flexibility index (Phi) is 10.6. The van der Waals surface area contributed by atoms with Crippen LogP contribution >= 0.6 is 0 Å². The maximum Gasteiger partial charge on any atom is 0.342 e. The fraction of sp³-hybridized carbons (Fsp3) is 0.750. The Morgan fingerprint density at radius 3 is 2.67 bits per heavy atom. The van der Waals surface area contributed by atoms with E-state index >= 15 is 0 Å². The van der Waals surface area contributed by atoms with E-state index in [0.717, 1.165) is 32.1 Å². The number of carbonyl (C=O) groups excluding carboxylic acids is 1. The molecule has 88 valence electrons. The van der Waals surface area contributed by atoms with Gasteiger partial charge in [-0.1, -0.05) is 26.0 Å². The molecule has 0 saturated carbocycles. The van der Waals surface area contributed by atoms with Gasteiger partial charge >= 0.3 is 5.97 Å². The van der Waals surface area contributed by atoms with Crippen molar-refractivity contribution >= 4 is 5.97 Å². The van der Waals surface area contributed by atoms with Crippen LogP contribution < -0.4 is 0 Å². The predicted molar refractivity (Wildman–Crippen MR) is 60.2 cm³/mol. The van der Waals surface area contributed by atoms with E-state index in [1.165, 1.54) is 0 Å². The van der Waals surface area contributed by atoms with Gasteiger partial charge in [-0.05, 0) is 32.1 Å². The number of allylic oxidation sites excluding steroid dienone is 2. The molecule has 0 aromatic carbocycles. The molecule has 0 fully saturated rings. The first kappa shape index (κ1) is 14.2. The van der Waals surface area contributed by atoms with Crippen molar-refractivity contribution in [2.75, 3.05) is 6.61 Å². The maximum atomic E-state index is 10.9. The van der Waals surface area contributed by atoms with Crippen molar-refractivity contribution in [2.24, 2.45) is 0 Å². The molecular formula is C12H22O3. The summed E-state index contributed by atoms with van der Waals surface area (Å²) in [5, 5.41) is 0. The van der Waals surface area contributed by atoms with Crippen LogP contribution in [0.3, 0.4) is 0 Å². The molecule has 0 aromatic heterocycles. The topological polar surface area (TPSA) is 35.5 Å². The van der Waals surface area contributed by atoms with E-state index < -0.39 is 0 Å². The van der Waals surface area contributed by atoms with Gasteiger partial charge in [0.25, 0.3) is 0 Å². The summed E-state index contributed by atoms with van der Waals surface area (Å²) < 4.78 is 0. The zero-order valence-electron chi connectivity index (χ0n) is 9.83. The summed E-state index contributed by atoms with van der Waals surface area (Å²) in [6.45, 7) is 4.55. The van der Waals surface area contributed by atoms with E-state index in [9.17, 15) is 4.79 Å². The number of rotatable bonds is 9. The minimum absolute atomic E-state index is 0.275. The summed E-state index contributed by atoms with van der Waals surface area (Å²) in [6.07, 6.45) is 9.70. The van der Waals surface area contributed by atoms with Crippen LogP contribution in [0.4, 0.5) is 0 Å². The van der Waals surface area contributed by atoms with E-state index in [2.05, 4.69) is 24.0 Å². The largest absolute Gasteiger partial charge is 0.342 e. The molecule has 0 saturated heterocycles. The van der Waals surface area contributed by atoms with Crippen LogP contribution in [0.25, 0.3) is 0 Å². The number of unbranched alkanes of at least 4 members (excludes halogenated alkanes) is 2. The molecule has 0 aromatic rings. The first-order chi connectivity index (χ1) is 7.31. The normalized spacial score (nSPS) is 10.8. The minimum Gasteiger partial charge on any atom is -0.298 e. The van der Waals surface area contributed by atoms with Gasteiger partial charge in [-0.2, -0.15) is 4.89 Å². The van der Waals surface area contributed by atoms with Gasteiger partial charge < -0.3 is 0 Å². The second-order valence-corrected chi connectivity index (χ2v) is 3.40. The Balaban J connectivity index is 3.11. The molecule has 0 spiro atoms. The van der Waals surface area contributed by atoms with Crippen LogP contribution in [-0.4, -0.2) is 12.6 Å². The summed E-state index contributed by atoms with van der Waals surface area (Å²) in [5.74, 6) is -0.275. The molecular weight excluding hydrogens is 192 g/mol. The van der Waals surface area contributed by atoms with E-state index in [-0.39, 0.29) is 5.97 Å². The molecule has 0 aliphatic rings. The highest BCUT2D eigenvalue weighted by Crippen LogP contribution is 1.99. The summed E-state index contributed by atoms with van der Waals surface area (Å²) in [6, 6.07) is 0. The molecule has 0 aliphatic carbocycles. The van der Waals surface area contributed by atoms with E-state index in [0.29, 0.717) is 13.0 Å². The first-order valence-corrected chi connectivity index (χ1v) is 5.78. The minimum atomic E-state index is -0.275. The Bertz CT molecular complexity index is 176. The standard InChI is InChI=1S/C12H22O3/c1-3-5-6-7-8-9-11-14-15-12(13)10-4-2/h5-6H,3-4,7-11H2,1-2H3/b6-5-. The van der Waals surface area contributed by atoms with Crippen LogP contribution in [0.5, 0.6) is 0 Å². The molecule has 3 nitrogen and oxygen atoms in total. The molecule has 3 heteroatoms. The average molecular weight is 214 g/mol. The Morgan fingerprint density at radius 2 is 2.00 bits per heavy atom. The fourth-order valence-electron chi connectivity index (χ4n) is 1.06. The van der Waals surface area contributed by atoms with Crippen LogP contribution in [-0.2, 0) is 14.6 Å². The first-order valence-electron chi connectivity index (χ1n) is 5.78. The molecule has 0 heterocycles. The highest BCUT2D eigenvalue weighted by Gasteiger charge is 2.00. The highest BCUT2D eigenvalue weighted by atomic mass is 17.2. The number of hydrogen-bond donors (Lipinski definition) is 0. The predicted octanol–water partition coefficient (Wildman–Crippen LogP) is 3.40. The molecule has 0 aliphatic heterocycles. The van der Waals surface area contributed by atoms with Gasteiger partial charge in [0.1, 0.15) is 0 Å². The lowest BCUT2D eigenvalue weighted by molar-refractivity contribution is -0.272. The quantitative estimate of drug-likeness (QED) is 0.255. The SMILES string of the molecule is CC/C=C\CCCCOOC(=O)CCC. The zero-order chi connectivity index (χ0) is 11.4. The molecule has 0 N–H and O–H groups in total. The third kappa shape index (κ3) is 11.1. The van der Waals surface area contributed by atoms with E-state index in [1.54, 1.807) is 0 Å². The van der Waals surface area contributed by atoms with Crippen molar-refractivity contribution in [1.82, 2.24) is 0 Å². The van der Waals surface area contributed by atoms with Crippen LogP contribution in [0.1, 0.15) is 52.4 Å². The average Bonchev–Trinajstić information content (AvgIpc) is 2.22. The van der Waals surface area contributed by atoms with Crippen LogP contribution in [0.2, 0.25) is 0 Å². The summed E-state index contributed by atoms with van der Waals surface area (Å²) in [7, 11) is 0. The van der Waals surface area contributed by atoms with Gasteiger partial charge in [0.05, 0.1) is 6.61 Å². The molecule has 15 heavy (non-hydrogen) atoms. The molecule has 0 amide bonds. The fourth-order valence-corrected chi connectivity index (χ4v) is 1.06. The molecule has 0 atom stereocenters.